The van der Waals surface area contributed by atoms with E-state index in [0.717, 1.165) is 6.07 Å². The van der Waals surface area contributed by atoms with E-state index in [9.17, 15) is 13.2 Å². The molecule has 98 valence electrons. The van der Waals surface area contributed by atoms with Crippen LogP contribution >= 0.6 is 0 Å². The maximum absolute atomic E-state index is 12.8. The van der Waals surface area contributed by atoms with Crippen molar-refractivity contribution in [3.8, 4) is 6.07 Å². The van der Waals surface area contributed by atoms with Gasteiger partial charge >= 0.3 is 6.18 Å². The van der Waals surface area contributed by atoms with E-state index in [-0.39, 0.29) is 23.8 Å². The van der Waals surface area contributed by atoms with E-state index in [1.54, 1.807) is 6.07 Å². The van der Waals surface area contributed by atoms with Gasteiger partial charge in [-0.25, -0.2) is 0 Å². The van der Waals surface area contributed by atoms with Crippen LogP contribution in [0.3, 0.4) is 0 Å². The van der Waals surface area contributed by atoms with E-state index in [2.05, 4.69) is 6.07 Å². The van der Waals surface area contributed by atoms with E-state index >= 15 is 0 Å². The van der Waals surface area contributed by atoms with Crippen LogP contribution in [0.5, 0.6) is 0 Å². The van der Waals surface area contributed by atoms with Gasteiger partial charge in [-0.1, -0.05) is 26.0 Å². The van der Waals surface area contributed by atoms with E-state index in [1.807, 2.05) is 13.8 Å². The first kappa shape index (κ1) is 14.6. The minimum Gasteiger partial charge on any atom is -0.198 e. The Bertz CT molecular complexity index is 455. The summed E-state index contributed by atoms with van der Waals surface area (Å²) in [6.45, 7) is 5.31. The van der Waals surface area contributed by atoms with Crippen molar-refractivity contribution < 1.29 is 13.2 Å². The molecule has 0 aliphatic heterocycles. The van der Waals surface area contributed by atoms with Gasteiger partial charge in [0, 0.05) is 6.42 Å². The van der Waals surface area contributed by atoms with E-state index in [1.165, 1.54) is 13.0 Å². The van der Waals surface area contributed by atoms with Gasteiger partial charge in [0.05, 0.1) is 11.6 Å². The lowest BCUT2D eigenvalue weighted by atomic mass is 9.82. The van der Waals surface area contributed by atoms with Crippen LogP contribution in [0.1, 0.15) is 42.9 Å². The van der Waals surface area contributed by atoms with E-state index in [4.69, 9.17) is 5.26 Å². The van der Waals surface area contributed by atoms with Crippen molar-refractivity contribution in [1.29, 1.82) is 5.26 Å². The summed E-state index contributed by atoms with van der Waals surface area (Å²) in [6, 6.07) is 6.24. The van der Waals surface area contributed by atoms with Crippen molar-refractivity contribution in [1.82, 2.24) is 0 Å². The molecule has 0 saturated carbocycles. The number of hydrogen-bond donors (Lipinski definition) is 0. The molecule has 0 heterocycles. The molecule has 0 saturated heterocycles. The molecule has 0 N–H and O–H groups in total. The van der Waals surface area contributed by atoms with Gasteiger partial charge in [-0.05, 0) is 36.0 Å². The molecule has 4 heteroatoms. The van der Waals surface area contributed by atoms with E-state index < -0.39 is 11.7 Å². The summed E-state index contributed by atoms with van der Waals surface area (Å²) in [5.74, 6) is -0.0240. The van der Waals surface area contributed by atoms with E-state index in [0.29, 0.717) is 5.56 Å². The van der Waals surface area contributed by atoms with Crippen molar-refractivity contribution in [2.45, 2.75) is 39.3 Å². The monoisotopic (exact) mass is 255 g/mol. The summed E-state index contributed by atoms with van der Waals surface area (Å²) in [4.78, 5) is 0. The number of benzene rings is 1. The summed E-state index contributed by atoms with van der Waals surface area (Å²) in [6.07, 6.45) is -4.10. The molecule has 0 amide bonds. The normalized spacial score (nSPS) is 13.4. The first-order valence-corrected chi connectivity index (χ1v) is 5.82. The van der Waals surface area contributed by atoms with Crippen molar-refractivity contribution in [2.24, 2.45) is 5.92 Å². The van der Waals surface area contributed by atoms with Crippen LogP contribution in [-0.4, -0.2) is 0 Å². The number of halogens is 3. The molecule has 18 heavy (non-hydrogen) atoms. The number of rotatable bonds is 3. The fourth-order valence-electron chi connectivity index (χ4n) is 2.17. The van der Waals surface area contributed by atoms with Gasteiger partial charge in [0.2, 0.25) is 0 Å². The zero-order chi connectivity index (χ0) is 13.9. The SMILES string of the molecule is Cc1c([C@@H](CC#N)C(C)C)cccc1C(F)(F)F. The Morgan fingerprint density at radius 3 is 2.33 bits per heavy atom. The molecule has 1 aromatic carbocycles. The van der Waals surface area contributed by atoms with Crippen LogP contribution in [0.15, 0.2) is 18.2 Å². The molecule has 0 bridgehead atoms. The van der Waals surface area contributed by atoms with Crippen LogP contribution in [0.25, 0.3) is 0 Å². The van der Waals surface area contributed by atoms with Gasteiger partial charge in [0.1, 0.15) is 0 Å². The molecule has 1 rings (SSSR count). The average Bonchev–Trinajstić information content (AvgIpc) is 2.24. The zero-order valence-electron chi connectivity index (χ0n) is 10.7. The maximum atomic E-state index is 12.8. The Hall–Kier alpha value is -1.50. The third-order valence-corrected chi connectivity index (χ3v) is 3.20. The predicted octanol–water partition coefficient (Wildman–Crippen LogP) is 4.67. The van der Waals surface area contributed by atoms with Gasteiger partial charge in [-0.2, -0.15) is 18.4 Å². The van der Waals surface area contributed by atoms with Crippen LogP contribution in [0.4, 0.5) is 13.2 Å². The Kier molecular flexibility index (Phi) is 4.39. The van der Waals surface area contributed by atoms with Crippen LogP contribution < -0.4 is 0 Å². The predicted molar refractivity (Wildman–Crippen MR) is 64.0 cm³/mol. The first-order valence-electron chi connectivity index (χ1n) is 5.82. The zero-order valence-corrected chi connectivity index (χ0v) is 10.7. The molecule has 0 aliphatic rings. The second-order valence-corrected chi connectivity index (χ2v) is 4.73. The van der Waals surface area contributed by atoms with Crippen LogP contribution in [-0.2, 0) is 6.18 Å². The van der Waals surface area contributed by atoms with Gasteiger partial charge in [0.15, 0.2) is 0 Å². The summed E-state index contributed by atoms with van der Waals surface area (Å²) in [7, 11) is 0. The van der Waals surface area contributed by atoms with Crippen molar-refractivity contribution in [2.75, 3.05) is 0 Å². The maximum Gasteiger partial charge on any atom is 0.416 e. The molecule has 0 aromatic heterocycles. The highest BCUT2D eigenvalue weighted by Crippen LogP contribution is 2.37. The third kappa shape index (κ3) is 3.04. The lowest BCUT2D eigenvalue weighted by Gasteiger charge is -2.22. The lowest BCUT2D eigenvalue weighted by molar-refractivity contribution is -0.138. The fraction of sp³-hybridized carbons (Fsp3) is 0.500. The first-order chi connectivity index (χ1) is 8.29. The van der Waals surface area contributed by atoms with Gasteiger partial charge in [-0.3, -0.25) is 0 Å². The molecular formula is C14H16F3N. The molecule has 0 radical (unpaired) electrons. The number of hydrogen-bond acceptors (Lipinski definition) is 1. The fourth-order valence-corrected chi connectivity index (χ4v) is 2.17. The molecule has 0 fully saturated rings. The minimum absolute atomic E-state index is 0.131. The third-order valence-electron chi connectivity index (χ3n) is 3.20. The highest BCUT2D eigenvalue weighted by Gasteiger charge is 2.33. The average molecular weight is 255 g/mol. The molecule has 1 nitrogen and oxygen atoms in total. The minimum atomic E-state index is -4.34. The van der Waals surface area contributed by atoms with Gasteiger partial charge in [-0.15, -0.1) is 0 Å². The lowest BCUT2D eigenvalue weighted by Crippen LogP contribution is -2.13. The second kappa shape index (κ2) is 5.43. The standard InChI is InChI=1S/C14H16F3N/c1-9(2)11(7-8-18)12-5-4-6-13(10(12)3)14(15,16)17/h4-6,9,11H,7H2,1-3H3/t11-/m0/s1. The summed E-state index contributed by atoms with van der Waals surface area (Å²) < 4.78 is 38.4. The highest BCUT2D eigenvalue weighted by molar-refractivity contribution is 5.38. The Morgan fingerprint density at radius 1 is 1.28 bits per heavy atom. The summed E-state index contributed by atoms with van der Waals surface area (Å²) in [5, 5.41) is 8.79. The van der Waals surface area contributed by atoms with Gasteiger partial charge in [0.25, 0.3) is 0 Å². The molecular weight excluding hydrogens is 239 g/mol. The molecule has 0 unspecified atom stereocenters. The Labute approximate surface area is 105 Å². The van der Waals surface area contributed by atoms with Gasteiger partial charge < -0.3 is 0 Å². The number of alkyl halides is 3. The largest absolute Gasteiger partial charge is 0.416 e. The second-order valence-electron chi connectivity index (χ2n) is 4.73. The topological polar surface area (TPSA) is 23.8 Å². The molecule has 1 aromatic rings. The smallest absolute Gasteiger partial charge is 0.198 e. The van der Waals surface area contributed by atoms with Crippen LogP contribution in [0.2, 0.25) is 0 Å². The highest BCUT2D eigenvalue weighted by atomic mass is 19.4. The number of nitriles is 1. The van der Waals surface area contributed by atoms with Crippen molar-refractivity contribution in [3.05, 3.63) is 34.9 Å². The summed E-state index contributed by atoms with van der Waals surface area (Å²) in [5.41, 5.74) is 0.254. The molecule has 1 atom stereocenters. The summed E-state index contributed by atoms with van der Waals surface area (Å²) >= 11 is 0. The number of nitrogens with zero attached hydrogens (tertiary/aromatic N) is 1. The Balaban J connectivity index is 3.30. The van der Waals surface area contributed by atoms with Crippen molar-refractivity contribution >= 4 is 0 Å². The quantitative estimate of drug-likeness (QED) is 0.770. The molecule has 0 spiro atoms. The Morgan fingerprint density at radius 2 is 1.89 bits per heavy atom. The molecule has 0 aliphatic carbocycles. The van der Waals surface area contributed by atoms with Crippen molar-refractivity contribution in [3.63, 3.8) is 0 Å². The van der Waals surface area contributed by atoms with Crippen LogP contribution in [0, 0.1) is 24.2 Å².